The number of likely N-dealkylation sites (tertiary alicyclic amines) is 1. The molecule has 100 valence electrons. The van der Waals surface area contributed by atoms with Crippen molar-refractivity contribution in [2.75, 3.05) is 27.2 Å². The molecule has 0 bridgehead atoms. The van der Waals surface area contributed by atoms with Crippen molar-refractivity contribution in [2.24, 2.45) is 0 Å². The Hall–Kier alpha value is -0.580. The van der Waals surface area contributed by atoms with Crippen molar-refractivity contribution < 1.29 is 5.11 Å². The minimum atomic E-state index is 0.382. The molecule has 0 radical (unpaired) electrons. The highest BCUT2D eigenvalue weighted by Crippen LogP contribution is 2.29. The van der Waals surface area contributed by atoms with Gasteiger partial charge in [0, 0.05) is 18.2 Å². The van der Waals surface area contributed by atoms with Crippen molar-refractivity contribution in [1.82, 2.24) is 9.80 Å². The third kappa shape index (κ3) is 3.25. The van der Waals surface area contributed by atoms with Crippen LogP contribution in [0.2, 0.25) is 0 Å². The second-order valence-corrected chi connectivity index (χ2v) is 6.07. The first-order valence-electron chi connectivity index (χ1n) is 6.43. The Morgan fingerprint density at radius 3 is 2.61 bits per heavy atom. The third-order valence-electron chi connectivity index (χ3n) is 3.75. The quantitative estimate of drug-likeness (QED) is 0.929. The predicted molar refractivity (Wildman–Crippen MR) is 77.8 cm³/mol. The maximum absolute atomic E-state index is 9.99. The van der Waals surface area contributed by atoms with Gasteiger partial charge < -0.3 is 10.0 Å². The highest BCUT2D eigenvalue weighted by atomic mass is 79.9. The molecule has 0 atom stereocenters. The fourth-order valence-corrected chi connectivity index (χ4v) is 2.93. The molecular weight excluding hydrogens is 292 g/mol. The van der Waals surface area contributed by atoms with E-state index in [0.29, 0.717) is 11.8 Å². The largest absolute Gasteiger partial charge is 0.506 e. The summed E-state index contributed by atoms with van der Waals surface area (Å²) in [5.74, 6) is 0.382. The molecule has 0 aliphatic carbocycles. The Kier molecular flexibility index (Phi) is 4.65. The highest BCUT2D eigenvalue weighted by Gasteiger charge is 2.21. The Morgan fingerprint density at radius 1 is 1.33 bits per heavy atom. The van der Waals surface area contributed by atoms with E-state index in [-0.39, 0.29) is 0 Å². The van der Waals surface area contributed by atoms with Crippen molar-refractivity contribution in [1.29, 1.82) is 0 Å². The number of aromatic hydroxyl groups is 1. The maximum Gasteiger partial charge on any atom is 0.134 e. The van der Waals surface area contributed by atoms with Gasteiger partial charge in [-0.05, 0) is 62.0 Å². The lowest BCUT2D eigenvalue weighted by Crippen LogP contribution is -2.41. The average Bonchev–Trinajstić information content (AvgIpc) is 2.36. The van der Waals surface area contributed by atoms with Crippen molar-refractivity contribution in [3.05, 3.63) is 28.2 Å². The zero-order chi connectivity index (χ0) is 13.1. The van der Waals surface area contributed by atoms with Gasteiger partial charge in [0.25, 0.3) is 0 Å². The van der Waals surface area contributed by atoms with E-state index in [9.17, 15) is 5.11 Å². The number of para-hydroxylation sites is 1. The number of nitrogens with zero attached hydrogens (tertiary/aromatic N) is 2. The zero-order valence-electron chi connectivity index (χ0n) is 11.1. The second-order valence-electron chi connectivity index (χ2n) is 5.22. The summed E-state index contributed by atoms with van der Waals surface area (Å²) in [6.45, 7) is 3.05. The molecule has 1 aromatic carbocycles. The van der Waals surface area contributed by atoms with E-state index < -0.39 is 0 Å². The smallest absolute Gasteiger partial charge is 0.134 e. The number of benzene rings is 1. The van der Waals surface area contributed by atoms with Gasteiger partial charge in [-0.2, -0.15) is 0 Å². The van der Waals surface area contributed by atoms with Crippen LogP contribution in [0.4, 0.5) is 0 Å². The molecule has 18 heavy (non-hydrogen) atoms. The van der Waals surface area contributed by atoms with Crippen LogP contribution in [0.5, 0.6) is 5.75 Å². The minimum Gasteiger partial charge on any atom is -0.506 e. The van der Waals surface area contributed by atoms with E-state index in [1.807, 2.05) is 18.2 Å². The Balaban J connectivity index is 1.94. The standard InChI is InChI=1S/C14H21BrN2O/c1-16(2)12-6-8-17(9-7-12)10-11-4-3-5-13(15)14(11)18/h3-5,12,18H,6-10H2,1-2H3. The van der Waals surface area contributed by atoms with Crippen LogP contribution < -0.4 is 0 Å². The first kappa shape index (κ1) is 13.8. The van der Waals surface area contributed by atoms with Gasteiger partial charge in [-0.25, -0.2) is 0 Å². The van der Waals surface area contributed by atoms with Crippen LogP contribution in [0, 0.1) is 0 Å². The molecule has 1 fully saturated rings. The number of phenols is 1. The molecule has 2 rings (SSSR count). The summed E-state index contributed by atoms with van der Waals surface area (Å²) in [6.07, 6.45) is 2.42. The molecule has 0 saturated carbocycles. The summed E-state index contributed by atoms with van der Waals surface area (Å²) in [7, 11) is 4.31. The summed E-state index contributed by atoms with van der Waals surface area (Å²) >= 11 is 3.36. The zero-order valence-corrected chi connectivity index (χ0v) is 12.7. The third-order valence-corrected chi connectivity index (χ3v) is 4.39. The molecule has 0 spiro atoms. The van der Waals surface area contributed by atoms with Crippen LogP contribution in [0.3, 0.4) is 0 Å². The highest BCUT2D eigenvalue weighted by molar-refractivity contribution is 9.10. The van der Waals surface area contributed by atoms with Gasteiger partial charge in [0.15, 0.2) is 0 Å². The van der Waals surface area contributed by atoms with E-state index in [0.717, 1.165) is 29.7 Å². The van der Waals surface area contributed by atoms with E-state index in [1.165, 1.54) is 12.8 Å². The van der Waals surface area contributed by atoms with Crippen molar-refractivity contribution >= 4 is 15.9 Å². The van der Waals surface area contributed by atoms with Crippen LogP contribution in [-0.2, 0) is 6.54 Å². The van der Waals surface area contributed by atoms with E-state index >= 15 is 0 Å². The topological polar surface area (TPSA) is 26.7 Å². The van der Waals surface area contributed by atoms with Gasteiger partial charge in [-0.15, -0.1) is 0 Å². The normalized spacial score (nSPS) is 18.4. The molecule has 0 amide bonds. The first-order valence-corrected chi connectivity index (χ1v) is 7.22. The molecule has 0 unspecified atom stereocenters. The lowest BCUT2D eigenvalue weighted by molar-refractivity contribution is 0.139. The number of rotatable bonds is 3. The molecule has 1 saturated heterocycles. The van der Waals surface area contributed by atoms with Crippen LogP contribution in [0.1, 0.15) is 18.4 Å². The Morgan fingerprint density at radius 2 is 2.00 bits per heavy atom. The predicted octanol–water partition coefficient (Wildman–Crippen LogP) is 2.68. The van der Waals surface area contributed by atoms with Gasteiger partial charge in [0.1, 0.15) is 5.75 Å². The average molecular weight is 313 g/mol. The molecule has 1 aliphatic rings. The maximum atomic E-state index is 9.99. The van der Waals surface area contributed by atoms with Gasteiger partial charge in [-0.3, -0.25) is 4.90 Å². The molecule has 1 N–H and O–H groups in total. The lowest BCUT2D eigenvalue weighted by atomic mass is 10.0. The number of halogens is 1. The minimum absolute atomic E-state index is 0.382. The molecule has 0 aromatic heterocycles. The van der Waals surface area contributed by atoms with Gasteiger partial charge in [0.05, 0.1) is 4.47 Å². The van der Waals surface area contributed by atoms with Crippen LogP contribution >= 0.6 is 15.9 Å². The van der Waals surface area contributed by atoms with Crippen molar-refractivity contribution in [2.45, 2.75) is 25.4 Å². The molecule has 4 heteroatoms. The van der Waals surface area contributed by atoms with Crippen LogP contribution in [0.25, 0.3) is 0 Å². The number of hydrogen-bond donors (Lipinski definition) is 1. The molecule has 1 heterocycles. The van der Waals surface area contributed by atoms with Gasteiger partial charge >= 0.3 is 0 Å². The van der Waals surface area contributed by atoms with E-state index in [4.69, 9.17) is 0 Å². The summed E-state index contributed by atoms with van der Waals surface area (Å²) in [4.78, 5) is 4.73. The van der Waals surface area contributed by atoms with Crippen molar-refractivity contribution in [3.63, 3.8) is 0 Å². The summed E-state index contributed by atoms with van der Waals surface area (Å²) in [5, 5.41) is 9.99. The second kappa shape index (κ2) is 6.04. The van der Waals surface area contributed by atoms with Gasteiger partial charge in [-0.1, -0.05) is 12.1 Å². The molecule has 1 aliphatic heterocycles. The summed E-state index contributed by atoms with van der Waals surface area (Å²) in [5.41, 5.74) is 1.01. The molecule has 1 aromatic rings. The fraction of sp³-hybridized carbons (Fsp3) is 0.571. The van der Waals surface area contributed by atoms with E-state index in [2.05, 4.69) is 39.8 Å². The monoisotopic (exact) mass is 312 g/mol. The van der Waals surface area contributed by atoms with Crippen LogP contribution in [0.15, 0.2) is 22.7 Å². The Labute approximate surface area is 118 Å². The fourth-order valence-electron chi connectivity index (χ4n) is 2.52. The lowest BCUT2D eigenvalue weighted by Gasteiger charge is -2.35. The number of phenolic OH excluding ortho intramolecular Hbond substituents is 1. The number of piperidine rings is 1. The SMILES string of the molecule is CN(C)C1CCN(Cc2cccc(Br)c2O)CC1. The summed E-state index contributed by atoms with van der Waals surface area (Å²) in [6, 6.07) is 6.55. The van der Waals surface area contributed by atoms with Gasteiger partial charge in [0.2, 0.25) is 0 Å². The first-order chi connectivity index (χ1) is 8.58. The molecule has 3 nitrogen and oxygen atoms in total. The van der Waals surface area contributed by atoms with Crippen molar-refractivity contribution in [3.8, 4) is 5.75 Å². The number of hydrogen-bond acceptors (Lipinski definition) is 3. The Bertz CT molecular complexity index is 401. The molecular formula is C14H21BrN2O. The summed E-state index contributed by atoms with van der Waals surface area (Å²) < 4.78 is 0.781. The van der Waals surface area contributed by atoms with Crippen LogP contribution in [-0.4, -0.2) is 48.1 Å². The van der Waals surface area contributed by atoms with E-state index in [1.54, 1.807) is 0 Å².